The predicted octanol–water partition coefficient (Wildman–Crippen LogP) is 4.11. The Labute approximate surface area is 71.3 Å². The number of hydrogen-bond acceptors (Lipinski definition) is 0. The van der Waals surface area contributed by atoms with Crippen LogP contribution < -0.4 is 0 Å². The Kier molecular flexibility index (Phi) is 10.8. The van der Waals surface area contributed by atoms with E-state index in [1.165, 1.54) is 5.57 Å². The summed E-state index contributed by atoms with van der Waals surface area (Å²) in [5.74, 6) is 0. The third-order valence-electron chi connectivity index (χ3n) is 1.15. The highest BCUT2D eigenvalue weighted by molar-refractivity contribution is 5.35. The first kappa shape index (κ1) is 12.9. The summed E-state index contributed by atoms with van der Waals surface area (Å²) in [5.41, 5.74) is 2.34. The quantitative estimate of drug-likeness (QED) is 0.522. The molecule has 64 valence electrons. The van der Waals surface area contributed by atoms with Crippen LogP contribution in [-0.2, 0) is 0 Å². The molecule has 0 unspecified atom stereocenters. The Bertz CT molecular complexity index is 147. The van der Waals surface area contributed by atoms with Crippen LogP contribution in [-0.4, -0.2) is 0 Å². The van der Waals surface area contributed by atoms with E-state index in [-0.39, 0.29) is 0 Å². The van der Waals surface area contributed by atoms with Crippen molar-refractivity contribution in [2.75, 3.05) is 0 Å². The minimum absolute atomic E-state index is 1.12. The zero-order chi connectivity index (χ0) is 9.28. The van der Waals surface area contributed by atoms with Crippen LogP contribution >= 0.6 is 0 Å². The number of allylic oxidation sites excluding steroid dienone is 5. The Morgan fingerprint density at radius 2 is 1.64 bits per heavy atom. The van der Waals surface area contributed by atoms with Crippen molar-refractivity contribution >= 4 is 0 Å². The van der Waals surface area contributed by atoms with Gasteiger partial charge >= 0.3 is 0 Å². The lowest BCUT2D eigenvalue weighted by atomic mass is 10.1. The van der Waals surface area contributed by atoms with Gasteiger partial charge in [-0.3, -0.25) is 0 Å². The van der Waals surface area contributed by atoms with Gasteiger partial charge in [0.05, 0.1) is 0 Å². The molecule has 0 aromatic carbocycles. The van der Waals surface area contributed by atoms with Crippen LogP contribution in [0.25, 0.3) is 0 Å². The molecule has 0 heteroatoms. The Balaban J connectivity index is 0. The van der Waals surface area contributed by atoms with Crippen molar-refractivity contribution in [3.05, 3.63) is 36.0 Å². The lowest BCUT2D eigenvalue weighted by Crippen LogP contribution is -1.75. The molecule has 0 fully saturated rings. The van der Waals surface area contributed by atoms with Crippen LogP contribution in [0.3, 0.4) is 0 Å². The lowest BCUT2D eigenvalue weighted by Gasteiger charge is -1.95. The molecule has 0 heterocycles. The van der Waals surface area contributed by atoms with Crippen molar-refractivity contribution in [1.82, 2.24) is 0 Å². The lowest BCUT2D eigenvalue weighted by molar-refractivity contribution is 1.42. The third kappa shape index (κ3) is 7.11. The fraction of sp³-hybridized carbons (Fsp3) is 0.455. The maximum atomic E-state index is 3.83. The largest absolute Gasteiger partial charge is 0.0955 e. The molecule has 0 bridgehead atoms. The molecule has 0 amide bonds. The van der Waals surface area contributed by atoms with Crippen LogP contribution in [0.15, 0.2) is 36.0 Å². The van der Waals surface area contributed by atoms with Gasteiger partial charge in [-0.2, -0.15) is 0 Å². The van der Waals surface area contributed by atoms with E-state index in [1.807, 2.05) is 40.7 Å². The van der Waals surface area contributed by atoms with Gasteiger partial charge < -0.3 is 0 Å². The molecule has 0 atom stereocenters. The molecule has 0 aliphatic heterocycles. The smallest absolute Gasteiger partial charge is 0.0279 e. The highest BCUT2D eigenvalue weighted by Gasteiger charge is 1.86. The van der Waals surface area contributed by atoms with Crippen molar-refractivity contribution in [3.63, 3.8) is 0 Å². The zero-order valence-corrected chi connectivity index (χ0v) is 8.44. The summed E-state index contributed by atoms with van der Waals surface area (Å²) in [6.45, 7) is 13.9. The van der Waals surface area contributed by atoms with Gasteiger partial charge in [0.15, 0.2) is 0 Å². The summed E-state index contributed by atoms with van der Waals surface area (Å²) >= 11 is 0. The van der Waals surface area contributed by atoms with Crippen LogP contribution in [0.5, 0.6) is 0 Å². The van der Waals surface area contributed by atoms with Gasteiger partial charge in [-0.25, -0.2) is 0 Å². The minimum Gasteiger partial charge on any atom is -0.0955 e. The van der Waals surface area contributed by atoms with Crippen LogP contribution in [0.2, 0.25) is 0 Å². The molecule has 11 heavy (non-hydrogen) atoms. The molecule has 0 aromatic rings. The zero-order valence-electron chi connectivity index (χ0n) is 8.44. The normalized spacial score (nSPS) is 10.8. The van der Waals surface area contributed by atoms with Gasteiger partial charge in [-0.15, -0.1) is 0 Å². The molecule has 0 rings (SSSR count). The van der Waals surface area contributed by atoms with E-state index in [9.17, 15) is 0 Å². The van der Waals surface area contributed by atoms with E-state index < -0.39 is 0 Å². The number of rotatable bonds is 2. The first-order valence-electron chi connectivity index (χ1n) is 4.17. The number of hydrogen-bond donors (Lipinski definition) is 0. The molecule has 0 saturated carbocycles. The summed E-state index contributed by atoms with van der Waals surface area (Å²) in [7, 11) is 0. The van der Waals surface area contributed by atoms with Crippen molar-refractivity contribution in [2.24, 2.45) is 0 Å². The molecule has 0 spiro atoms. The Morgan fingerprint density at radius 3 is 1.73 bits per heavy atom. The van der Waals surface area contributed by atoms with Gasteiger partial charge in [-0.05, 0) is 26.3 Å². The molecule has 0 aliphatic carbocycles. The van der Waals surface area contributed by atoms with Gasteiger partial charge in [-0.1, -0.05) is 44.2 Å². The molecule has 0 aromatic heterocycles. The van der Waals surface area contributed by atoms with E-state index in [1.54, 1.807) is 0 Å². The maximum absolute atomic E-state index is 3.83. The van der Waals surface area contributed by atoms with E-state index in [0.717, 1.165) is 5.57 Å². The maximum Gasteiger partial charge on any atom is -0.0279 e. The minimum atomic E-state index is 1.12. The van der Waals surface area contributed by atoms with E-state index in [2.05, 4.69) is 18.7 Å². The fourth-order valence-electron chi connectivity index (χ4n) is 0.664. The summed E-state index contributed by atoms with van der Waals surface area (Å²) in [6.07, 6.45) is 6.13. The topological polar surface area (TPSA) is 0 Å². The van der Waals surface area contributed by atoms with E-state index in [0.29, 0.717) is 0 Å². The SMILES string of the molecule is C=C(C)C(/C=C\C)=C/C.CC. The van der Waals surface area contributed by atoms with Crippen LogP contribution in [0.4, 0.5) is 0 Å². The first-order valence-corrected chi connectivity index (χ1v) is 4.17. The molecule has 0 aliphatic rings. The van der Waals surface area contributed by atoms with Gasteiger partial charge in [0.25, 0.3) is 0 Å². The Hall–Kier alpha value is -0.780. The van der Waals surface area contributed by atoms with E-state index in [4.69, 9.17) is 0 Å². The van der Waals surface area contributed by atoms with E-state index >= 15 is 0 Å². The summed E-state index contributed by atoms with van der Waals surface area (Å²) in [4.78, 5) is 0. The van der Waals surface area contributed by atoms with Crippen molar-refractivity contribution in [2.45, 2.75) is 34.6 Å². The molecule has 0 nitrogen and oxygen atoms in total. The first-order chi connectivity index (χ1) is 5.22. The second-order valence-corrected chi connectivity index (χ2v) is 2.02. The van der Waals surface area contributed by atoms with Crippen LogP contribution in [0, 0.1) is 0 Å². The average molecular weight is 152 g/mol. The summed E-state index contributed by atoms with van der Waals surface area (Å²) < 4.78 is 0. The highest BCUT2D eigenvalue weighted by atomic mass is 13.9. The fourth-order valence-corrected chi connectivity index (χ4v) is 0.664. The van der Waals surface area contributed by atoms with Crippen molar-refractivity contribution in [3.8, 4) is 0 Å². The predicted molar refractivity (Wildman–Crippen MR) is 54.7 cm³/mol. The molecular weight excluding hydrogens is 132 g/mol. The molecule has 0 N–H and O–H groups in total. The average Bonchev–Trinajstić information content (AvgIpc) is 2.03. The van der Waals surface area contributed by atoms with Gasteiger partial charge in [0, 0.05) is 0 Å². The second kappa shape index (κ2) is 9.22. The van der Waals surface area contributed by atoms with Crippen LogP contribution in [0.1, 0.15) is 34.6 Å². The summed E-state index contributed by atoms with van der Waals surface area (Å²) in [5, 5.41) is 0. The standard InChI is InChI=1S/C9H14.C2H6/c1-5-7-9(6-2)8(3)4;1-2/h5-7H,3H2,1-2,4H3;1-2H3/b7-5-,9-6+;. The summed E-state index contributed by atoms with van der Waals surface area (Å²) in [6, 6.07) is 0. The Morgan fingerprint density at radius 1 is 1.18 bits per heavy atom. The van der Waals surface area contributed by atoms with Crippen molar-refractivity contribution < 1.29 is 0 Å². The third-order valence-corrected chi connectivity index (χ3v) is 1.15. The second-order valence-electron chi connectivity index (χ2n) is 2.02. The molecular formula is C11H20. The van der Waals surface area contributed by atoms with Gasteiger partial charge in [0.1, 0.15) is 0 Å². The monoisotopic (exact) mass is 152 g/mol. The van der Waals surface area contributed by atoms with Crippen molar-refractivity contribution in [1.29, 1.82) is 0 Å². The highest BCUT2D eigenvalue weighted by Crippen LogP contribution is 2.06. The molecule has 0 saturated heterocycles. The van der Waals surface area contributed by atoms with Gasteiger partial charge in [0.2, 0.25) is 0 Å². The molecule has 0 radical (unpaired) electrons.